The highest BCUT2D eigenvalue weighted by Gasteiger charge is 2.11. The normalized spacial score (nSPS) is 10.4. The molecule has 0 spiro atoms. The molecule has 0 saturated carbocycles. The summed E-state index contributed by atoms with van der Waals surface area (Å²) in [4.78, 5) is 11.0. The Balaban J connectivity index is 2.25. The Morgan fingerprint density at radius 3 is 2.82 bits per heavy atom. The molecule has 88 valence electrons. The number of nitrogens with zero attached hydrogens (tertiary/aromatic N) is 2. The van der Waals surface area contributed by atoms with Gasteiger partial charge in [-0.05, 0) is 17.7 Å². The number of carbonyl (C=O) groups excluding carboxylic acids is 1. The second kappa shape index (κ2) is 4.58. The van der Waals surface area contributed by atoms with E-state index in [4.69, 9.17) is 11.5 Å². The van der Waals surface area contributed by atoms with Gasteiger partial charge in [0.1, 0.15) is 0 Å². The predicted octanol–water partition coefficient (Wildman–Crippen LogP) is 1.37. The van der Waals surface area contributed by atoms with Crippen molar-refractivity contribution in [3.05, 3.63) is 46.2 Å². The van der Waals surface area contributed by atoms with Crippen molar-refractivity contribution in [1.29, 1.82) is 0 Å². The fraction of sp³-hybridized carbons (Fsp3) is 0.0909. The third kappa shape index (κ3) is 2.65. The van der Waals surface area contributed by atoms with E-state index < -0.39 is 5.91 Å². The van der Waals surface area contributed by atoms with Crippen LogP contribution in [0.15, 0.2) is 34.9 Å². The van der Waals surface area contributed by atoms with Crippen LogP contribution in [-0.4, -0.2) is 15.7 Å². The molecule has 0 aliphatic heterocycles. The summed E-state index contributed by atoms with van der Waals surface area (Å²) in [6.45, 7) is 0.539. The van der Waals surface area contributed by atoms with Crippen LogP contribution in [0.3, 0.4) is 0 Å². The number of anilines is 1. The van der Waals surface area contributed by atoms with Crippen LogP contribution in [0.25, 0.3) is 0 Å². The Bertz CT molecular complexity index is 564. The number of benzene rings is 1. The minimum atomic E-state index is -0.615. The van der Waals surface area contributed by atoms with Gasteiger partial charge in [0.05, 0.1) is 12.2 Å². The predicted molar refractivity (Wildman–Crippen MR) is 68.4 cm³/mol. The third-order valence-corrected chi connectivity index (χ3v) is 2.75. The van der Waals surface area contributed by atoms with Crippen LogP contribution in [0, 0.1) is 0 Å². The number of carbonyl (C=O) groups is 1. The maximum Gasteiger partial charge on any atom is 0.271 e. The molecule has 2 rings (SSSR count). The van der Waals surface area contributed by atoms with E-state index in [9.17, 15) is 4.79 Å². The van der Waals surface area contributed by atoms with E-state index in [2.05, 4.69) is 21.0 Å². The van der Waals surface area contributed by atoms with Gasteiger partial charge in [0, 0.05) is 10.7 Å². The van der Waals surface area contributed by atoms with Gasteiger partial charge in [-0.25, -0.2) is 0 Å². The Morgan fingerprint density at radius 1 is 1.47 bits per heavy atom. The Hall–Kier alpha value is -1.82. The highest BCUT2D eigenvalue weighted by Crippen LogP contribution is 2.14. The third-order valence-electron chi connectivity index (χ3n) is 2.26. The maximum absolute atomic E-state index is 11.0. The minimum Gasteiger partial charge on any atom is -0.396 e. The van der Waals surface area contributed by atoms with Crippen molar-refractivity contribution in [1.82, 2.24) is 9.78 Å². The molecule has 0 aliphatic carbocycles. The zero-order valence-electron chi connectivity index (χ0n) is 8.93. The second-order valence-electron chi connectivity index (χ2n) is 3.62. The van der Waals surface area contributed by atoms with E-state index in [1.165, 1.54) is 0 Å². The van der Waals surface area contributed by atoms with Crippen molar-refractivity contribution in [2.75, 3.05) is 5.73 Å². The van der Waals surface area contributed by atoms with E-state index in [1.807, 2.05) is 24.3 Å². The van der Waals surface area contributed by atoms with Crippen molar-refractivity contribution in [3.8, 4) is 0 Å². The molecular weight excluding hydrogens is 284 g/mol. The summed E-state index contributed by atoms with van der Waals surface area (Å²) in [7, 11) is 0. The maximum atomic E-state index is 11.0. The number of rotatable bonds is 3. The molecule has 1 aromatic carbocycles. The van der Waals surface area contributed by atoms with Crippen molar-refractivity contribution >= 4 is 27.5 Å². The largest absolute Gasteiger partial charge is 0.396 e. The number of nitrogen functional groups attached to an aromatic ring is 1. The molecule has 0 unspecified atom stereocenters. The number of halogens is 1. The molecule has 4 N–H and O–H groups in total. The summed E-state index contributed by atoms with van der Waals surface area (Å²) < 4.78 is 2.59. The van der Waals surface area contributed by atoms with Gasteiger partial charge < -0.3 is 11.5 Å². The molecule has 1 aromatic heterocycles. The van der Waals surface area contributed by atoms with Gasteiger partial charge >= 0.3 is 0 Å². The average molecular weight is 295 g/mol. The summed E-state index contributed by atoms with van der Waals surface area (Å²) in [5.74, 6) is -0.615. The molecular formula is C11H11BrN4O. The highest BCUT2D eigenvalue weighted by molar-refractivity contribution is 9.10. The number of aromatic nitrogens is 2. The standard InChI is InChI=1S/C11H11BrN4O/c12-8-3-1-2-7(4-8)5-16-6-9(13)10(15-16)11(14)17/h1-4,6H,5,13H2,(H2,14,17). The SMILES string of the molecule is NC(=O)c1nn(Cc2cccc(Br)c2)cc1N. The van der Waals surface area contributed by atoms with Gasteiger partial charge in [-0.15, -0.1) is 0 Å². The van der Waals surface area contributed by atoms with Gasteiger partial charge in [-0.2, -0.15) is 5.10 Å². The lowest BCUT2D eigenvalue weighted by atomic mass is 10.2. The van der Waals surface area contributed by atoms with Crippen LogP contribution in [-0.2, 0) is 6.54 Å². The van der Waals surface area contributed by atoms with Crippen molar-refractivity contribution in [3.63, 3.8) is 0 Å². The van der Waals surface area contributed by atoms with Crippen LogP contribution < -0.4 is 11.5 Å². The van der Waals surface area contributed by atoms with E-state index in [1.54, 1.807) is 10.9 Å². The first-order valence-corrected chi connectivity index (χ1v) is 5.73. The molecule has 0 atom stereocenters. The fourth-order valence-electron chi connectivity index (χ4n) is 1.53. The number of amides is 1. The molecule has 0 aliphatic rings. The fourth-order valence-corrected chi connectivity index (χ4v) is 1.98. The second-order valence-corrected chi connectivity index (χ2v) is 4.54. The Morgan fingerprint density at radius 2 is 2.24 bits per heavy atom. The van der Waals surface area contributed by atoms with Gasteiger partial charge in [-0.1, -0.05) is 28.1 Å². The molecule has 6 heteroatoms. The number of nitrogens with two attached hydrogens (primary N) is 2. The van der Waals surface area contributed by atoms with E-state index in [0.717, 1.165) is 10.0 Å². The van der Waals surface area contributed by atoms with Crippen LogP contribution in [0.4, 0.5) is 5.69 Å². The molecule has 17 heavy (non-hydrogen) atoms. The first-order chi connectivity index (χ1) is 8.06. The van der Waals surface area contributed by atoms with E-state index >= 15 is 0 Å². The lowest BCUT2D eigenvalue weighted by Gasteiger charge is -2.01. The van der Waals surface area contributed by atoms with Crippen molar-refractivity contribution in [2.45, 2.75) is 6.54 Å². The summed E-state index contributed by atoms with van der Waals surface area (Å²) in [6, 6.07) is 7.81. The number of primary amides is 1. The molecule has 0 bridgehead atoms. The van der Waals surface area contributed by atoms with Gasteiger partial charge in [-0.3, -0.25) is 9.48 Å². The van der Waals surface area contributed by atoms with E-state index in [0.29, 0.717) is 12.2 Å². The van der Waals surface area contributed by atoms with Crippen molar-refractivity contribution in [2.24, 2.45) is 5.73 Å². The lowest BCUT2D eigenvalue weighted by Crippen LogP contribution is -2.14. The minimum absolute atomic E-state index is 0.111. The zero-order valence-corrected chi connectivity index (χ0v) is 10.5. The first kappa shape index (κ1) is 11.7. The van der Waals surface area contributed by atoms with Gasteiger partial charge in [0.15, 0.2) is 5.69 Å². The Labute approximate surface area is 107 Å². The van der Waals surface area contributed by atoms with Gasteiger partial charge in [0.2, 0.25) is 0 Å². The van der Waals surface area contributed by atoms with E-state index in [-0.39, 0.29) is 5.69 Å². The molecule has 5 nitrogen and oxygen atoms in total. The molecule has 0 radical (unpaired) electrons. The average Bonchev–Trinajstić information content (AvgIpc) is 2.59. The molecule has 0 saturated heterocycles. The lowest BCUT2D eigenvalue weighted by molar-refractivity contribution is 0.0995. The quantitative estimate of drug-likeness (QED) is 0.896. The van der Waals surface area contributed by atoms with Crippen molar-refractivity contribution < 1.29 is 4.79 Å². The summed E-state index contributed by atoms with van der Waals surface area (Å²) >= 11 is 3.39. The zero-order chi connectivity index (χ0) is 12.4. The van der Waals surface area contributed by atoms with Crippen LogP contribution >= 0.6 is 15.9 Å². The number of hydrogen-bond donors (Lipinski definition) is 2. The van der Waals surface area contributed by atoms with Crippen LogP contribution in [0.5, 0.6) is 0 Å². The topological polar surface area (TPSA) is 86.9 Å². The molecule has 1 heterocycles. The van der Waals surface area contributed by atoms with Crippen LogP contribution in [0.2, 0.25) is 0 Å². The smallest absolute Gasteiger partial charge is 0.271 e. The van der Waals surface area contributed by atoms with Gasteiger partial charge in [0.25, 0.3) is 5.91 Å². The molecule has 1 amide bonds. The Kier molecular flexibility index (Phi) is 3.14. The monoisotopic (exact) mass is 294 g/mol. The first-order valence-electron chi connectivity index (χ1n) is 4.93. The number of hydrogen-bond acceptors (Lipinski definition) is 3. The summed E-state index contributed by atoms with van der Waals surface area (Å²) in [5.41, 5.74) is 12.2. The summed E-state index contributed by atoms with van der Waals surface area (Å²) in [5, 5.41) is 4.04. The highest BCUT2D eigenvalue weighted by atomic mass is 79.9. The molecule has 2 aromatic rings. The van der Waals surface area contributed by atoms with Crippen LogP contribution in [0.1, 0.15) is 16.1 Å². The summed E-state index contributed by atoms with van der Waals surface area (Å²) in [6.07, 6.45) is 1.60. The molecule has 0 fully saturated rings.